The van der Waals surface area contributed by atoms with Crippen molar-refractivity contribution < 1.29 is 23.9 Å². The molecule has 6 fully saturated rings. The number of unbranched alkanes of at least 4 members (excludes halogenated alkanes) is 1. The number of hydrogen-bond donors (Lipinski definition) is 1. The van der Waals surface area contributed by atoms with E-state index in [1.807, 2.05) is 9.80 Å². The first-order valence-corrected chi connectivity index (χ1v) is 18.7. The van der Waals surface area contributed by atoms with E-state index in [-0.39, 0.29) is 47.4 Å². The van der Waals surface area contributed by atoms with Crippen LogP contribution in [-0.4, -0.2) is 120 Å². The van der Waals surface area contributed by atoms with Gasteiger partial charge in [0.25, 0.3) is 0 Å². The molecular weight excluding hydrogens is 582 g/mol. The number of rotatable bonds is 7. The van der Waals surface area contributed by atoms with Crippen LogP contribution >= 0.6 is 0 Å². The van der Waals surface area contributed by atoms with Gasteiger partial charge in [0.2, 0.25) is 5.91 Å². The van der Waals surface area contributed by atoms with Gasteiger partial charge in [-0.3, -0.25) is 9.69 Å². The third-order valence-electron chi connectivity index (χ3n) is 13.4. The number of nitrogens with one attached hydrogen (secondary N) is 1. The summed E-state index contributed by atoms with van der Waals surface area (Å²) in [5, 5.41) is 3.52. The van der Waals surface area contributed by atoms with Gasteiger partial charge in [0, 0.05) is 81.7 Å². The smallest absolute Gasteiger partial charge is 0.410 e. The second-order valence-corrected chi connectivity index (χ2v) is 16.1. The zero-order valence-electron chi connectivity index (χ0n) is 29.3. The Balaban J connectivity index is 1.04. The first-order chi connectivity index (χ1) is 22.1. The second-order valence-electron chi connectivity index (χ2n) is 16.1. The topological polar surface area (TPSA) is 94.7 Å². The van der Waals surface area contributed by atoms with Crippen molar-refractivity contribution >= 4 is 18.1 Å². The maximum absolute atomic E-state index is 13.6. The molecule has 0 aliphatic carbocycles. The fourth-order valence-electron chi connectivity index (χ4n) is 10.4. The number of nitrogens with zero attached hydrogens (tertiary/aromatic N) is 4. The molecule has 1 N–H and O–H groups in total. The van der Waals surface area contributed by atoms with Crippen LogP contribution in [0.1, 0.15) is 105 Å². The Bertz CT molecular complexity index is 1080. The molecule has 260 valence electrons. The number of fused-ring (bicyclic) bond motifs is 2. The highest BCUT2D eigenvalue weighted by molar-refractivity contribution is 5.80. The van der Waals surface area contributed by atoms with Crippen molar-refractivity contribution in [2.45, 2.75) is 134 Å². The fourth-order valence-corrected chi connectivity index (χ4v) is 10.4. The van der Waals surface area contributed by atoms with Crippen molar-refractivity contribution in [1.29, 1.82) is 0 Å². The van der Waals surface area contributed by atoms with Gasteiger partial charge in [-0.15, -0.1) is 0 Å². The maximum Gasteiger partial charge on any atom is 0.410 e. The van der Waals surface area contributed by atoms with Crippen LogP contribution < -0.4 is 5.32 Å². The van der Waals surface area contributed by atoms with Gasteiger partial charge in [0.05, 0.1) is 13.0 Å². The van der Waals surface area contributed by atoms with Crippen LogP contribution in [0.4, 0.5) is 9.59 Å². The lowest BCUT2D eigenvalue weighted by Gasteiger charge is -2.55. The number of ether oxygens (including phenoxy) is 2. The van der Waals surface area contributed by atoms with Crippen LogP contribution in [-0.2, 0) is 14.3 Å². The first kappa shape index (κ1) is 33.8. The SMILES string of the molecule is CCCCC1CN(CC2C[C@H]3CC[C@@H](C2)N3C(=O)OC)C(=O)OC12CCN(C1(C)CCN(C(=O)C3C(C)CCNC3C)CC1)CC2. The van der Waals surface area contributed by atoms with Gasteiger partial charge in [-0.25, -0.2) is 9.59 Å². The maximum atomic E-state index is 13.6. The number of amides is 3. The number of methoxy groups -OCH3 is 1. The Morgan fingerprint density at radius 1 is 1.00 bits per heavy atom. The van der Waals surface area contributed by atoms with Crippen LogP contribution in [0.3, 0.4) is 0 Å². The number of carbonyl (C=O) groups excluding carboxylic acids is 3. The molecule has 6 saturated heterocycles. The zero-order valence-corrected chi connectivity index (χ0v) is 29.3. The van der Waals surface area contributed by atoms with Crippen LogP contribution in [0.25, 0.3) is 0 Å². The molecule has 10 nitrogen and oxygen atoms in total. The van der Waals surface area contributed by atoms with Crippen LogP contribution in [0.2, 0.25) is 0 Å². The lowest BCUT2D eigenvalue weighted by atomic mass is 9.74. The average Bonchev–Trinajstić information content (AvgIpc) is 3.31. The minimum absolute atomic E-state index is 0.0719. The van der Waals surface area contributed by atoms with Crippen LogP contribution in [0.15, 0.2) is 0 Å². The van der Waals surface area contributed by atoms with Crippen LogP contribution in [0.5, 0.6) is 0 Å². The molecule has 2 bridgehead atoms. The van der Waals surface area contributed by atoms with Gasteiger partial charge in [0.1, 0.15) is 5.60 Å². The summed E-state index contributed by atoms with van der Waals surface area (Å²) >= 11 is 0. The van der Waals surface area contributed by atoms with E-state index in [0.29, 0.717) is 23.7 Å². The summed E-state index contributed by atoms with van der Waals surface area (Å²) in [6.07, 6.45) is 11.8. The number of piperidine rings is 4. The Kier molecular flexibility index (Phi) is 10.2. The summed E-state index contributed by atoms with van der Waals surface area (Å²) in [6, 6.07) is 0.699. The average molecular weight is 644 g/mol. The molecule has 0 aromatic heterocycles. The monoisotopic (exact) mass is 643 g/mol. The molecule has 46 heavy (non-hydrogen) atoms. The molecule has 0 aromatic carbocycles. The molecule has 6 rings (SSSR count). The summed E-state index contributed by atoms with van der Waals surface area (Å²) in [7, 11) is 1.47. The van der Waals surface area contributed by atoms with Crippen molar-refractivity contribution in [3.05, 3.63) is 0 Å². The third-order valence-corrected chi connectivity index (χ3v) is 13.4. The largest absolute Gasteiger partial charge is 0.453 e. The predicted octanol–water partition coefficient (Wildman–Crippen LogP) is 5.10. The van der Waals surface area contributed by atoms with E-state index in [1.165, 1.54) is 7.11 Å². The normalized spacial score (nSPS) is 36.1. The van der Waals surface area contributed by atoms with Gasteiger partial charge in [-0.1, -0.05) is 26.7 Å². The molecule has 6 aliphatic heterocycles. The zero-order chi connectivity index (χ0) is 32.6. The van der Waals surface area contributed by atoms with Crippen molar-refractivity contribution in [3.63, 3.8) is 0 Å². The van der Waals surface area contributed by atoms with E-state index in [0.717, 1.165) is 123 Å². The second kappa shape index (κ2) is 13.8. The summed E-state index contributed by atoms with van der Waals surface area (Å²) in [6.45, 7) is 15.1. The first-order valence-electron chi connectivity index (χ1n) is 18.7. The van der Waals surface area contributed by atoms with Gasteiger partial charge < -0.3 is 29.5 Å². The number of carbonyl (C=O) groups is 3. The highest BCUT2D eigenvalue weighted by Gasteiger charge is 2.53. The summed E-state index contributed by atoms with van der Waals surface area (Å²) in [5.74, 6) is 1.59. The van der Waals surface area contributed by atoms with Crippen molar-refractivity contribution in [2.75, 3.05) is 52.9 Å². The van der Waals surface area contributed by atoms with E-state index < -0.39 is 0 Å². The van der Waals surface area contributed by atoms with Crippen molar-refractivity contribution in [3.8, 4) is 0 Å². The molecule has 0 aromatic rings. The molecule has 6 heterocycles. The van der Waals surface area contributed by atoms with Crippen molar-refractivity contribution in [2.24, 2.45) is 23.7 Å². The lowest BCUT2D eigenvalue weighted by molar-refractivity contribution is -0.145. The number of hydrogen-bond acceptors (Lipinski definition) is 7. The summed E-state index contributed by atoms with van der Waals surface area (Å²) in [5.41, 5.74) is -0.303. The molecular formula is C36H61N5O5. The predicted molar refractivity (Wildman–Crippen MR) is 177 cm³/mol. The molecule has 6 aliphatic rings. The van der Waals surface area contributed by atoms with Crippen LogP contribution in [0, 0.1) is 23.7 Å². The minimum atomic E-state index is -0.375. The van der Waals surface area contributed by atoms with E-state index >= 15 is 0 Å². The lowest BCUT2D eigenvalue weighted by Crippen LogP contribution is -2.64. The Hall–Kier alpha value is -2.07. The highest BCUT2D eigenvalue weighted by atomic mass is 16.6. The van der Waals surface area contributed by atoms with E-state index in [9.17, 15) is 14.4 Å². The van der Waals surface area contributed by atoms with Gasteiger partial charge in [-0.2, -0.15) is 0 Å². The highest BCUT2D eigenvalue weighted by Crippen LogP contribution is 2.45. The van der Waals surface area contributed by atoms with E-state index in [2.05, 4.69) is 42.8 Å². The van der Waals surface area contributed by atoms with Gasteiger partial charge in [0.15, 0.2) is 0 Å². The standard InChI is InChI=1S/C36H61N5O5/c1-6-7-8-28-24-39(23-27-21-29-9-10-30(22-27)41(29)34(44)45-5)33(43)46-36(28)14-19-40(20-15-36)35(4)12-17-38(18-13-35)32(42)31-25(2)11-16-37-26(31)3/h25-31,37H,6-24H2,1-5H3/t25?,26?,27?,28?,29-,30+,31?. The fraction of sp³-hybridized carbons (Fsp3) is 0.917. The Morgan fingerprint density at radius 2 is 1.67 bits per heavy atom. The summed E-state index contributed by atoms with van der Waals surface area (Å²) < 4.78 is 11.6. The molecule has 0 saturated carbocycles. The molecule has 7 atom stereocenters. The van der Waals surface area contributed by atoms with Gasteiger partial charge in [-0.05, 0) is 83.6 Å². The number of likely N-dealkylation sites (tertiary alicyclic amines) is 2. The molecule has 0 radical (unpaired) electrons. The molecule has 3 amide bonds. The quantitative estimate of drug-likeness (QED) is 0.413. The van der Waals surface area contributed by atoms with Crippen molar-refractivity contribution in [1.82, 2.24) is 24.9 Å². The Labute approximate surface area is 277 Å². The van der Waals surface area contributed by atoms with E-state index in [1.54, 1.807) is 0 Å². The van der Waals surface area contributed by atoms with E-state index in [4.69, 9.17) is 9.47 Å². The molecule has 10 heteroatoms. The minimum Gasteiger partial charge on any atom is -0.453 e. The summed E-state index contributed by atoms with van der Waals surface area (Å²) in [4.78, 5) is 48.3. The molecule has 5 unspecified atom stereocenters. The van der Waals surface area contributed by atoms with Gasteiger partial charge >= 0.3 is 12.2 Å². The molecule has 1 spiro atoms. The Morgan fingerprint density at radius 3 is 2.28 bits per heavy atom. The third kappa shape index (κ3) is 6.50.